The second-order valence-corrected chi connectivity index (χ2v) is 5.24. The largest absolute Gasteiger partial charge is 0.444 e. The van der Waals surface area contributed by atoms with E-state index in [1.54, 1.807) is 4.90 Å². The topological polar surface area (TPSA) is 72.6 Å². The molecular formula is C12H16N2O4. The monoisotopic (exact) mass is 252 g/mol. The molecule has 1 aliphatic heterocycles. The van der Waals surface area contributed by atoms with Gasteiger partial charge in [0.1, 0.15) is 11.3 Å². The van der Waals surface area contributed by atoms with Crippen molar-refractivity contribution in [2.45, 2.75) is 39.3 Å². The van der Waals surface area contributed by atoms with Crippen molar-refractivity contribution in [3.63, 3.8) is 0 Å². The van der Waals surface area contributed by atoms with E-state index < -0.39 is 5.60 Å². The molecule has 2 rings (SSSR count). The Morgan fingerprint density at radius 3 is 2.83 bits per heavy atom. The second-order valence-electron chi connectivity index (χ2n) is 5.24. The fraction of sp³-hybridized carbons (Fsp3) is 0.583. The first-order valence-corrected chi connectivity index (χ1v) is 5.81. The maximum Gasteiger partial charge on any atom is 0.410 e. The Morgan fingerprint density at radius 2 is 2.22 bits per heavy atom. The molecule has 0 fully saturated rings. The summed E-state index contributed by atoms with van der Waals surface area (Å²) < 4.78 is 10.2. The second kappa shape index (κ2) is 4.44. The van der Waals surface area contributed by atoms with Crippen LogP contribution in [-0.4, -0.2) is 34.6 Å². The van der Waals surface area contributed by atoms with Crippen LogP contribution in [0.5, 0.6) is 0 Å². The number of fused-ring (bicyclic) bond motifs is 1. The quantitative estimate of drug-likeness (QED) is 0.712. The van der Waals surface area contributed by atoms with Crippen LogP contribution < -0.4 is 0 Å². The molecule has 0 spiro atoms. The van der Waals surface area contributed by atoms with Gasteiger partial charge in [0.25, 0.3) is 0 Å². The molecule has 1 aliphatic rings. The lowest BCUT2D eigenvalue weighted by molar-refractivity contribution is 0.0220. The third-order valence-corrected chi connectivity index (χ3v) is 2.63. The lowest BCUT2D eigenvalue weighted by Gasteiger charge is -2.29. The Balaban J connectivity index is 2.08. The minimum absolute atomic E-state index is 0.258. The Kier molecular flexibility index (Phi) is 3.11. The highest BCUT2D eigenvalue weighted by molar-refractivity contribution is 5.74. The summed E-state index contributed by atoms with van der Waals surface area (Å²) in [5.74, 6) is 0.258. The molecule has 0 saturated heterocycles. The summed E-state index contributed by atoms with van der Waals surface area (Å²) in [6.07, 6.45) is 0.838. The Morgan fingerprint density at radius 1 is 1.50 bits per heavy atom. The summed E-state index contributed by atoms with van der Waals surface area (Å²) in [5.41, 5.74) is 0.911. The molecule has 0 aromatic carbocycles. The van der Waals surface area contributed by atoms with Crippen molar-refractivity contribution in [3.05, 3.63) is 17.0 Å². The zero-order valence-electron chi connectivity index (χ0n) is 10.7. The molecule has 0 unspecified atom stereocenters. The lowest BCUT2D eigenvalue weighted by atomic mass is 10.1. The molecule has 2 heterocycles. The number of hydrogen-bond donors (Lipinski definition) is 0. The smallest absolute Gasteiger partial charge is 0.410 e. The Bertz CT molecular complexity index is 473. The van der Waals surface area contributed by atoms with Crippen molar-refractivity contribution >= 4 is 12.4 Å². The summed E-state index contributed by atoms with van der Waals surface area (Å²) in [6.45, 7) is 6.29. The standard InChI is InChI=1S/C12H16N2O4/c1-12(2,3)17-11(16)14-5-4-8-9(6-14)13-18-10(8)7-15/h7H,4-6H2,1-3H3. The third-order valence-electron chi connectivity index (χ3n) is 2.63. The van der Waals surface area contributed by atoms with Gasteiger partial charge in [-0.15, -0.1) is 0 Å². The van der Waals surface area contributed by atoms with Gasteiger partial charge >= 0.3 is 6.09 Å². The van der Waals surface area contributed by atoms with Crippen LogP contribution in [-0.2, 0) is 17.7 Å². The molecule has 0 aliphatic carbocycles. The molecule has 0 saturated carbocycles. The number of amides is 1. The van der Waals surface area contributed by atoms with E-state index in [1.165, 1.54) is 0 Å². The summed E-state index contributed by atoms with van der Waals surface area (Å²) in [4.78, 5) is 24.1. The van der Waals surface area contributed by atoms with Crippen LogP contribution in [0.25, 0.3) is 0 Å². The van der Waals surface area contributed by atoms with E-state index in [2.05, 4.69) is 5.16 Å². The third kappa shape index (κ3) is 2.52. The summed E-state index contributed by atoms with van der Waals surface area (Å²) in [7, 11) is 0. The van der Waals surface area contributed by atoms with Crippen molar-refractivity contribution in [1.29, 1.82) is 0 Å². The van der Waals surface area contributed by atoms with Crippen LogP contribution in [0.2, 0.25) is 0 Å². The van der Waals surface area contributed by atoms with Crippen molar-refractivity contribution in [2.75, 3.05) is 6.54 Å². The van der Waals surface area contributed by atoms with Gasteiger partial charge in [-0.25, -0.2) is 4.79 Å². The van der Waals surface area contributed by atoms with Gasteiger partial charge in [-0.05, 0) is 27.2 Å². The molecule has 0 radical (unpaired) electrons. The molecule has 1 amide bonds. The first kappa shape index (κ1) is 12.6. The average Bonchev–Trinajstić information content (AvgIpc) is 2.68. The molecule has 0 N–H and O–H groups in total. The maximum atomic E-state index is 11.9. The predicted molar refractivity (Wildman–Crippen MR) is 62.2 cm³/mol. The van der Waals surface area contributed by atoms with Gasteiger partial charge in [0.15, 0.2) is 6.29 Å². The van der Waals surface area contributed by atoms with Crippen molar-refractivity contribution in [1.82, 2.24) is 10.1 Å². The number of ether oxygens (including phenoxy) is 1. The van der Waals surface area contributed by atoms with Crippen LogP contribution in [0.4, 0.5) is 4.79 Å². The summed E-state index contributed by atoms with van der Waals surface area (Å²) in [6, 6.07) is 0. The zero-order chi connectivity index (χ0) is 13.3. The molecule has 18 heavy (non-hydrogen) atoms. The van der Waals surface area contributed by atoms with Gasteiger partial charge in [0.05, 0.1) is 6.54 Å². The molecule has 6 nitrogen and oxygen atoms in total. The van der Waals surface area contributed by atoms with E-state index in [1.807, 2.05) is 20.8 Å². The first-order valence-electron chi connectivity index (χ1n) is 5.81. The van der Waals surface area contributed by atoms with E-state index in [0.29, 0.717) is 31.5 Å². The minimum Gasteiger partial charge on any atom is -0.444 e. The number of carbonyl (C=O) groups is 2. The SMILES string of the molecule is CC(C)(C)OC(=O)N1CCc2c(noc2C=O)C1. The number of carbonyl (C=O) groups excluding carboxylic acids is 2. The number of aromatic nitrogens is 1. The highest BCUT2D eigenvalue weighted by Crippen LogP contribution is 2.22. The fourth-order valence-electron chi connectivity index (χ4n) is 1.83. The van der Waals surface area contributed by atoms with Gasteiger partial charge in [0, 0.05) is 12.1 Å². The van der Waals surface area contributed by atoms with Crippen molar-refractivity contribution < 1.29 is 18.8 Å². The lowest BCUT2D eigenvalue weighted by Crippen LogP contribution is -2.39. The molecule has 1 aromatic heterocycles. The van der Waals surface area contributed by atoms with Gasteiger partial charge in [-0.1, -0.05) is 5.16 Å². The highest BCUT2D eigenvalue weighted by Gasteiger charge is 2.29. The zero-order valence-corrected chi connectivity index (χ0v) is 10.7. The maximum absolute atomic E-state index is 11.9. The van der Waals surface area contributed by atoms with E-state index >= 15 is 0 Å². The van der Waals surface area contributed by atoms with Gasteiger partial charge in [-0.2, -0.15) is 0 Å². The molecule has 6 heteroatoms. The van der Waals surface area contributed by atoms with E-state index in [0.717, 1.165) is 5.56 Å². The average molecular weight is 252 g/mol. The van der Waals surface area contributed by atoms with Crippen LogP contribution in [0.15, 0.2) is 4.52 Å². The highest BCUT2D eigenvalue weighted by atomic mass is 16.6. The van der Waals surface area contributed by atoms with Gasteiger partial charge in [0.2, 0.25) is 5.76 Å². The van der Waals surface area contributed by atoms with E-state index in [-0.39, 0.29) is 11.9 Å². The molecule has 0 bridgehead atoms. The van der Waals surface area contributed by atoms with Crippen molar-refractivity contribution in [2.24, 2.45) is 0 Å². The fourth-order valence-corrected chi connectivity index (χ4v) is 1.83. The predicted octanol–water partition coefficient (Wildman–Crippen LogP) is 1.78. The molecular weight excluding hydrogens is 236 g/mol. The Labute approximate surface area is 105 Å². The first-order chi connectivity index (χ1) is 8.40. The van der Waals surface area contributed by atoms with Crippen LogP contribution in [0.1, 0.15) is 42.6 Å². The number of nitrogens with zero attached hydrogens (tertiary/aromatic N) is 2. The number of hydrogen-bond acceptors (Lipinski definition) is 5. The molecule has 0 atom stereocenters. The van der Waals surface area contributed by atoms with Crippen LogP contribution in [0, 0.1) is 0 Å². The summed E-state index contributed by atoms with van der Waals surface area (Å²) >= 11 is 0. The molecule has 1 aromatic rings. The Hall–Kier alpha value is -1.85. The normalized spacial score (nSPS) is 15.2. The van der Waals surface area contributed by atoms with Crippen LogP contribution in [0.3, 0.4) is 0 Å². The van der Waals surface area contributed by atoms with E-state index in [9.17, 15) is 9.59 Å². The van der Waals surface area contributed by atoms with Crippen LogP contribution >= 0.6 is 0 Å². The van der Waals surface area contributed by atoms with Crippen molar-refractivity contribution in [3.8, 4) is 0 Å². The number of aldehydes is 1. The minimum atomic E-state index is -0.519. The molecule has 98 valence electrons. The summed E-state index contributed by atoms with van der Waals surface area (Å²) in [5, 5.41) is 3.80. The number of rotatable bonds is 1. The van der Waals surface area contributed by atoms with E-state index in [4.69, 9.17) is 9.26 Å². The van der Waals surface area contributed by atoms with Gasteiger partial charge in [-0.3, -0.25) is 4.79 Å². The van der Waals surface area contributed by atoms with Gasteiger partial charge < -0.3 is 14.2 Å².